The molecule has 2 aliphatic rings. The second-order valence-electron chi connectivity index (χ2n) is 10.7. The average molecular weight is 597 g/mol. The van der Waals surface area contributed by atoms with Crippen molar-refractivity contribution in [2.75, 3.05) is 30.8 Å². The number of carbonyl (C=O) groups excluding carboxylic acids is 3. The summed E-state index contributed by atoms with van der Waals surface area (Å²) in [5, 5.41) is 7.67. The highest BCUT2D eigenvalue weighted by molar-refractivity contribution is 5.90. The second kappa shape index (κ2) is 12.0. The predicted octanol–water partition coefficient (Wildman–Crippen LogP) is 5.67. The van der Waals surface area contributed by atoms with E-state index in [1.165, 1.54) is 36.3 Å². The molecule has 3 aromatic rings. The Kier molecular flexibility index (Phi) is 8.32. The largest absolute Gasteiger partial charge is 0.453 e. The van der Waals surface area contributed by atoms with E-state index in [1.54, 1.807) is 36.4 Å². The van der Waals surface area contributed by atoms with Gasteiger partial charge in [-0.3, -0.25) is 20.7 Å². The van der Waals surface area contributed by atoms with Crippen molar-refractivity contribution in [1.29, 1.82) is 0 Å². The van der Waals surface area contributed by atoms with Crippen molar-refractivity contribution in [3.05, 3.63) is 95.1 Å². The number of ether oxygens (including phenoxy) is 2. The molecule has 0 saturated carbocycles. The second-order valence-corrected chi connectivity index (χ2v) is 10.7. The van der Waals surface area contributed by atoms with E-state index in [1.807, 2.05) is 19.1 Å². The number of nitrogens with one attached hydrogen (secondary N) is 3. The highest BCUT2D eigenvalue weighted by Gasteiger charge is 2.50. The molecule has 3 aromatic carbocycles. The molecule has 3 amide bonds. The summed E-state index contributed by atoms with van der Waals surface area (Å²) in [5.74, 6) is -0.539. The van der Waals surface area contributed by atoms with E-state index in [0.717, 1.165) is 11.1 Å². The standard InChI is InChI=1S/C31H31F3N4O5/c1-19-8-13-24-23(16-19)30(43-29(41)37-24)14-15-38(18-30)27(39)25(17-20-6-4-3-5-7-20)36-26(31(32,33)34)21-9-11-22(12-10-21)35-28(40)42-2/h3-13,16,25-26,36H,14-15,17-18H2,1-2H3,(H,35,40)(H,37,41). The molecule has 5 rings (SSSR count). The molecule has 1 spiro atoms. The monoisotopic (exact) mass is 596 g/mol. The van der Waals surface area contributed by atoms with Crippen LogP contribution in [0.2, 0.25) is 0 Å². The zero-order valence-corrected chi connectivity index (χ0v) is 23.5. The number of methoxy groups -OCH3 is 1. The molecule has 0 bridgehead atoms. The van der Waals surface area contributed by atoms with Gasteiger partial charge in [0.1, 0.15) is 6.04 Å². The smallest absolute Gasteiger partial charge is 0.412 e. The Morgan fingerprint density at radius 1 is 1.09 bits per heavy atom. The molecule has 3 unspecified atom stereocenters. The molecule has 43 heavy (non-hydrogen) atoms. The normalized spacial score (nSPS) is 19.2. The van der Waals surface area contributed by atoms with Crippen LogP contribution in [0, 0.1) is 6.92 Å². The van der Waals surface area contributed by atoms with Crippen LogP contribution in [-0.2, 0) is 26.3 Å². The van der Waals surface area contributed by atoms with Gasteiger partial charge in [0.2, 0.25) is 5.91 Å². The summed E-state index contributed by atoms with van der Waals surface area (Å²) in [6.45, 7) is 2.10. The van der Waals surface area contributed by atoms with Gasteiger partial charge in [-0.05, 0) is 48.7 Å². The van der Waals surface area contributed by atoms with Crippen molar-refractivity contribution in [1.82, 2.24) is 10.2 Å². The number of hydrogen-bond acceptors (Lipinski definition) is 6. The van der Waals surface area contributed by atoms with Crippen LogP contribution in [-0.4, -0.2) is 55.4 Å². The van der Waals surface area contributed by atoms with Crippen LogP contribution in [0.4, 0.5) is 34.1 Å². The summed E-state index contributed by atoms with van der Waals surface area (Å²) >= 11 is 0. The number of fused-ring (bicyclic) bond motifs is 2. The van der Waals surface area contributed by atoms with Gasteiger partial charge in [0.25, 0.3) is 0 Å². The van der Waals surface area contributed by atoms with Crippen molar-refractivity contribution >= 4 is 29.5 Å². The van der Waals surface area contributed by atoms with Crippen LogP contribution in [0.15, 0.2) is 72.8 Å². The van der Waals surface area contributed by atoms with E-state index >= 15 is 0 Å². The van der Waals surface area contributed by atoms with E-state index in [9.17, 15) is 27.6 Å². The molecule has 0 aliphatic carbocycles. The highest BCUT2D eigenvalue weighted by Crippen LogP contribution is 2.43. The number of halogens is 3. The van der Waals surface area contributed by atoms with Crippen molar-refractivity contribution in [3.63, 3.8) is 0 Å². The lowest BCUT2D eigenvalue weighted by atomic mass is 9.89. The predicted molar refractivity (Wildman–Crippen MR) is 152 cm³/mol. The molecule has 0 radical (unpaired) electrons. The number of likely N-dealkylation sites (tertiary alicyclic amines) is 1. The Balaban J connectivity index is 1.43. The van der Waals surface area contributed by atoms with Gasteiger partial charge in [0, 0.05) is 24.2 Å². The molecule has 2 heterocycles. The van der Waals surface area contributed by atoms with Crippen LogP contribution in [0.5, 0.6) is 0 Å². The average Bonchev–Trinajstić information content (AvgIpc) is 3.39. The Bertz CT molecular complexity index is 1500. The van der Waals surface area contributed by atoms with Crippen molar-refractivity contribution < 1.29 is 37.0 Å². The van der Waals surface area contributed by atoms with E-state index in [4.69, 9.17) is 4.74 Å². The maximum atomic E-state index is 14.5. The third-order valence-corrected chi connectivity index (χ3v) is 7.69. The number of amides is 3. The first-order chi connectivity index (χ1) is 20.5. The summed E-state index contributed by atoms with van der Waals surface area (Å²) in [6, 6.07) is 16.0. The lowest BCUT2D eigenvalue weighted by Crippen LogP contribution is -2.52. The minimum Gasteiger partial charge on any atom is -0.453 e. The topological polar surface area (TPSA) is 109 Å². The number of nitrogens with zero attached hydrogens (tertiary/aromatic N) is 1. The summed E-state index contributed by atoms with van der Waals surface area (Å²) < 4.78 is 53.8. The summed E-state index contributed by atoms with van der Waals surface area (Å²) in [6.07, 6.45) is -5.86. The lowest BCUT2D eigenvalue weighted by Gasteiger charge is -2.36. The van der Waals surface area contributed by atoms with E-state index in [2.05, 4.69) is 20.7 Å². The van der Waals surface area contributed by atoms with Crippen molar-refractivity contribution in [3.8, 4) is 0 Å². The fourth-order valence-electron chi connectivity index (χ4n) is 5.58. The van der Waals surface area contributed by atoms with E-state index in [-0.39, 0.29) is 30.8 Å². The number of benzene rings is 3. The molecule has 0 aromatic heterocycles. The van der Waals surface area contributed by atoms with Gasteiger partial charge in [-0.2, -0.15) is 13.2 Å². The number of carbonyl (C=O) groups is 3. The molecule has 3 atom stereocenters. The third kappa shape index (κ3) is 6.59. The summed E-state index contributed by atoms with van der Waals surface area (Å²) in [4.78, 5) is 39.4. The number of anilines is 2. The van der Waals surface area contributed by atoms with Crippen molar-refractivity contribution in [2.24, 2.45) is 0 Å². The van der Waals surface area contributed by atoms with Gasteiger partial charge in [-0.15, -0.1) is 0 Å². The van der Waals surface area contributed by atoms with Gasteiger partial charge >= 0.3 is 18.4 Å². The van der Waals surface area contributed by atoms with Crippen LogP contribution in [0.3, 0.4) is 0 Å². The molecular formula is C31H31F3N4O5. The molecule has 12 heteroatoms. The maximum Gasteiger partial charge on any atom is 0.412 e. The minimum atomic E-state index is -4.75. The number of aryl methyl sites for hydroxylation is 1. The Labute approximate surface area is 246 Å². The van der Waals surface area contributed by atoms with Crippen LogP contribution < -0.4 is 16.0 Å². The molecule has 9 nitrogen and oxygen atoms in total. The Hall–Kier alpha value is -4.58. The molecule has 1 fully saturated rings. The zero-order valence-electron chi connectivity index (χ0n) is 23.5. The highest BCUT2D eigenvalue weighted by atomic mass is 19.4. The van der Waals surface area contributed by atoms with Crippen LogP contribution in [0.25, 0.3) is 0 Å². The maximum absolute atomic E-state index is 14.5. The molecule has 3 N–H and O–H groups in total. The Morgan fingerprint density at radius 3 is 2.49 bits per heavy atom. The fourth-order valence-corrected chi connectivity index (χ4v) is 5.58. The fraction of sp³-hybridized carbons (Fsp3) is 0.323. The SMILES string of the molecule is COC(=O)Nc1ccc(C(NC(Cc2ccccc2)C(=O)N2CCC3(C2)OC(=O)Nc2ccc(C)cc23)C(F)(F)F)cc1. The van der Waals surface area contributed by atoms with Gasteiger partial charge in [-0.25, -0.2) is 9.59 Å². The first-order valence-electron chi connectivity index (χ1n) is 13.7. The molecule has 2 aliphatic heterocycles. The van der Waals surface area contributed by atoms with E-state index < -0.39 is 42.0 Å². The molecule has 1 saturated heterocycles. The zero-order chi connectivity index (χ0) is 30.8. The molecular weight excluding hydrogens is 565 g/mol. The Morgan fingerprint density at radius 2 is 1.81 bits per heavy atom. The number of alkyl halides is 3. The summed E-state index contributed by atoms with van der Waals surface area (Å²) in [5.41, 5.74) is 1.93. The first kappa shape index (κ1) is 29.9. The van der Waals surface area contributed by atoms with Gasteiger partial charge in [0.05, 0.1) is 25.4 Å². The van der Waals surface area contributed by atoms with Crippen LogP contribution >= 0.6 is 0 Å². The summed E-state index contributed by atoms with van der Waals surface area (Å²) in [7, 11) is 1.17. The van der Waals surface area contributed by atoms with Gasteiger partial charge in [-0.1, -0.05) is 54.1 Å². The lowest BCUT2D eigenvalue weighted by molar-refractivity contribution is -0.162. The third-order valence-electron chi connectivity index (χ3n) is 7.69. The minimum absolute atomic E-state index is 0.00519. The van der Waals surface area contributed by atoms with Crippen molar-refractivity contribution in [2.45, 2.75) is 43.6 Å². The van der Waals surface area contributed by atoms with Gasteiger partial charge < -0.3 is 14.4 Å². The first-order valence-corrected chi connectivity index (χ1v) is 13.7. The quantitative estimate of drug-likeness (QED) is 0.325. The van der Waals surface area contributed by atoms with Gasteiger partial charge in [0.15, 0.2) is 5.60 Å². The van der Waals surface area contributed by atoms with Crippen LogP contribution in [0.1, 0.15) is 34.7 Å². The van der Waals surface area contributed by atoms with E-state index in [0.29, 0.717) is 17.7 Å². The molecule has 226 valence electrons. The number of rotatable bonds is 7. The number of hydrogen-bond donors (Lipinski definition) is 3.